The smallest absolute Gasteiger partial charge is 0.235 e. The molecule has 0 spiro atoms. The van der Waals surface area contributed by atoms with Crippen molar-refractivity contribution < 1.29 is 4.42 Å². The minimum atomic E-state index is 0.307. The molecule has 0 bridgehead atoms. The first-order valence-electron chi connectivity index (χ1n) is 5.01. The molecule has 0 aromatic carbocycles. The van der Waals surface area contributed by atoms with Crippen molar-refractivity contribution in [3.8, 4) is 10.8 Å². The zero-order valence-corrected chi connectivity index (χ0v) is 9.73. The van der Waals surface area contributed by atoms with Gasteiger partial charge in [-0.3, -0.25) is 0 Å². The Morgan fingerprint density at radius 1 is 1.38 bits per heavy atom. The first-order chi connectivity index (χ1) is 7.75. The molecule has 0 radical (unpaired) electrons. The van der Waals surface area contributed by atoms with Gasteiger partial charge in [0.05, 0.1) is 6.26 Å². The molecule has 0 N–H and O–H groups in total. The third kappa shape index (κ3) is 1.34. The van der Waals surface area contributed by atoms with E-state index >= 15 is 0 Å². The van der Waals surface area contributed by atoms with Crippen LogP contribution in [0.15, 0.2) is 22.8 Å². The third-order valence-corrected chi connectivity index (χ3v) is 3.18. The van der Waals surface area contributed by atoms with Crippen molar-refractivity contribution in [2.75, 3.05) is 0 Å². The Morgan fingerprint density at radius 3 is 2.94 bits per heavy atom. The van der Waals surface area contributed by atoms with Gasteiger partial charge in [-0.1, -0.05) is 25.2 Å². The van der Waals surface area contributed by atoms with Gasteiger partial charge in [-0.25, -0.2) is 0 Å². The highest BCUT2D eigenvalue weighted by atomic mass is 32.1. The van der Waals surface area contributed by atoms with Gasteiger partial charge in [0, 0.05) is 5.92 Å². The quantitative estimate of drug-likeness (QED) is 0.683. The lowest BCUT2D eigenvalue weighted by Gasteiger charge is -1.97. The zero-order chi connectivity index (χ0) is 11.1. The summed E-state index contributed by atoms with van der Waals surface area (Å²) in [5, 5.41) is 13.5. The lowest BCUT2D eigenvalue weighted by molar-refractivity contribution is 0.580. The van der Waals surface area contributed by atoms with Gasteiger partial charge in [0.1, 0.15) is 0 Å². The van der Waals surface area contributed by atoms with Crippen LogP contribution in [0.4, 0.5) is 0 Å². The number of hydrogen-bond acceptors (Lipinski definition) is 5. The van der Waals surface area contributed by atoms with Crippen LogP contribution in [0.5, 0.6) is 0 Å². The molecule has 0 saturated heterocycles. The van der Waals surface area contributed by atoms with Crippen LogP contribution in [0, 0.1) is 0 Å². The monoisotopic (exact) mass is 234 g/mol. The molecule has 0 fully saturated rings. The minimum Gasteiger partial charge on any atom is -0.462 e. The fraction of sp³-hybridized carbons (Fsp3) is 0.300. The largest absolute Gasteiger partial charge is 0.462 e. The number of hydrogen-bond donors (Lipinski definition) is 0. The van der Waals surface area contributed by atoms with Crippen LogP contribution < -0.4 is 0 Å². The van der Waals surface area contributed by atoms with Crippen molar-refractivity contribution >= 4 is 16.3 Å². The van der Waals surface area contributed by atoms with Crippen molar-refractivity contribution in [1.82, 2.24) is 19.8 Å². The molecule has 82 valence electrons. The Hall–Kier alpha value is -1.69. The third-order valence-electron chi connectivity index (χ3n) is 2.26. The Balaban J connectivity index is 2.17. The van der Waals surface area contributed by atoms with Crippen LogP contribution in [0.3, 0.4) is 0 Å². The topological polar surface area (TPSA) is 56.2 Å². The lowest BCUT2D eigenvalue weighted by Crippen LogP contribution is -1.97. The summed E-state index contributed by atoms with van der Waals surface area (Å²) in [5.41, 5.74) is 0. The summed E-state index contributed by atoms with van der Waals surface area (Å²) in [5.74, 6) is 1.95. The van der Waals surface area contributed by atoms with E-state index < -0.39 is 0 Å². The number of nitrogens with zero attached hydrogens (tertiary/aromatic N) is 4. The molecule has 5 nitrogen and oxygen atoms in total. The van der Waals surface area contributed by atoms with Crippen LogP contribution in [-0.4, -0.2) is 19.8 Å². The fourth-order valence-electron chi connectivity index (χ4n) is 1.49. The Bertz CT molecular complexity index is 608. The molecule has 3 rings (SSSR count). The lowest BCUT2D eigenvalue weighted by atomic mass is 10.2. The van der Waals surface area contributed by atoms with E-state index in [9.17, 15) is 0 Å². The van der Waals surface area contributed by atoms with E-state index in [0.717, 1.165) is 21.6 Å². The molecule has 3 aromatic heterocycles. The molecule has 3 aromatic rings. The number of fused-ring (bicyclic) bond motifs is 1. The van der Waals surface area contributed by atoms with Gasteiger partial charge in [-0.15, -0.1) is 15.3 Å². The van der Waals surface area contributed by atoms with Gasteiger partial charge >= 0.3 is 0 Å². The van der Waals surface area contributed by atoms with E-state index in [1.807, 2.05) is 12.1 Å². The molecule has 6 heteroatoms. The predicted molar refractivity (Wildman–Crippen MR) is 60.5 cm³/mol. The second-order valence-corrected chi connectivity index (χ2v) is 4.75. The van der Waals surface area contributed by atoms with Gasteiger partial charge in [-0.05, 0) is 12.1 Å². The summed E-state index contributed by atoms with van der Waals surface area (Å²) in [6, 6.07) is 3.74. The predicted octanol–water partition coefficient (Wildman–Crippen LogP) is 2.57. The Labute approximate surface area is 95.7 Å². The normalized spacial score (nSPS) is 11.7. The van der Waals surface area contributed by atoms with Gasteiger partial charge < -0.3 is 4.42 Å². The second-order valence-electron chi connectivity index (χ2n) is 3.79. The van der Waals surface area contributed by atoms with Crippen molar-refractivity contribution in [2.45, 2.75) is 19.8 Å². The summed E-state index contributed by atoms with van der Waals surface area (Å²) in [6.07, 6.45) is 1.64. The van der Waals surface area contributed by atoms with E-state index in [1.54, 1.807) is 10.8 Å². The minimum absolute atomic E-state index is 0.307. The fourth-order valence-corrected chi connectivity index (χ4v) is 2.31. The van der Waals surface area contributed by atoms with Gasteiger partial charge in [0.2, 0.25) is 4.96 Å². The van der Waals surface area contributed by atoms with Crippen LogP contribution in [0.1, 0.15) is 25.6 Å². The number of aromatic nitrogens is 4. The van der Waals surface area contributed by atoms with E-state index in [4.69, 9.17) is 4.42 Å². The maximum Gasteiger partial charge on any atom is 0.235 e. The average Bonchev–Trinajstić information content (AvgIpc) is 2.92. The maximum absolute atomic E-state index is 5.31. The van der Waals surface area contributed by atoms with E-state index in [-0.39, 0.29) is 0 Å². The van der Waals surface area contributed by atoms with Crippen LogP contribution in [0.2, 0.25) is 0 Å². The Kier molecular flexibility index (Phi) is 2.03. The van der Waals surface area contributed by atoms with Crippen molar-refractivity contribution in [3.63, 3.8) is 0 Å². The summed E-state index contributed by atoms with van der Waals surface area (Å²) in [7, 11) is 0. The van der Waals surface area contributed by atoms with Crippen LogP contribution in [0.25, 0.3) is 15.7 Å². The summed E-state index contributed by atoms with van der Waals surface area (Å²) < 4.78 is 7.09. The summed E-state index contributed by atoms with van der Waals surface area (Å²) >= 11 is 1.48. The van der Waals surface area contributed by atoms with Gasteiger partial charge in [0.15, 0.2) is 16.6 Å². The first-order valence-corrected chi connectivity index (χ1v) is 5.83. The molecule has 0 atom stereocenters. The molecule has 0 unspecified atom stereocenters. The molecule has 0 aliphatic heterocycles. The van der Waals surface area contributed by atoms with E-state index in [1.165, 1.54) is 11.3 Å². The van der Waals surface area contributed by atoms with E-state index in [2.05, 4.69) is 29.1 Å². The number of furan rings is 1. The van der Waals surface area contributed by atoms with E-state index in [0.29, 0.717) is 5.92 Å². The Morgan fingerprint density at radius 2 is 2.25 bits per heavy atom. The highest BCUT2D eigenvalue weighted by molar-refractivity contribution is 7.19. The molecular weight excluding hydrogens is 224 g/mol. The number of rotatable bonds is 2. The highest BCUT2D eigenvalue weighted by Crippen LogP contribution is 2.26. The highest BCUT2D eigenvalue weighted by Gasteiger charge is 2.15. The van der Waals surface area contributed by atoms with Crippen LogP contribution >= 0.6 is 11.3 Å². The molecule has 0 aliphatic rings. The molecular formula is C10H10N4OS. The standard InChI is InChI=1S/C10H10N4OS/c1-6(2)8-11-12-10-14(8)13-9(16-10)7-4-3-5-15-7/h3-6H,1-2H3. The molecule has 16 heavy (non-hydrogen) atoms. The molecule has 0 saturated carbocycles. The van der Waals surface area contributed by atoms with Crippen molar-refractivity contribution in [1.29, 1.82) is 0 Å². The first kappa shape index (κ1) is 9.53. The van der Waals surface area contributed by atoms with Crippen molar-refractivity contribution in [2.24, 2.45) is 0 Å². The average molecular weight is 234 g/mol. The summed E-state index contributed by atoms with van der Waals surface area (Å²) in [4.78, 5) is 0.801. The second kappa shape index (κ2) is 3.41. The molecule has 0 aliphatic carbocycles. The van der Waals surface area contributed by atoms with Gasteiger partial charge in [-0.2, -0.15) is 4.52 Å². The van der Waals surface area contributed by atoms with Gasteiger partial charge in [0.25, 0.3) is 0 Å². The van der Waals surface area contributed by atoms with Crippen molar-refractivity contribution in [3.05, 3.63) is 24.2 Å². The summed E-state index contributed by atoms with van der Waals surface area (Å²) in [6.45, 7) is 4.14. The molecule has 3 heterocycles. The zero-order valence-electron chi connectivity index (χ0n) is 8.91. The SMILES string of the molecule is CC(C)c1nnc2sc(-c3ccco3)nn12. The maximum atomic E-state index is 5.31. The van der Waals surface area contributed by atoms with Crippen LogP contribution in [-0.2, 0) is 0 Å². The molecule has 0 amide bonds.